The summed E-state index contributed by atoms with van der Waals surface area (Å²) in [7, 11) is 1.69. The van der Waals surface area contributed by atoms with Crippen molar-refractivity contribution in [3.63, 3.8) is 0 Å². The summed E-state index contributed by atoms with van der Waals surface area (Å²) in [5.74, 6) is 0.693. The van der Waals surface area contributed by atoms with Crippen molar-refractivity contribution in [2.24, 2.45) is 0 Å². The smallest absolute Gasteiger partial charge is 0.265 e. The number of aryl methyl sites for hydroxylation is 3. The number of rotatable bonds is 7. The first-order valence-electron chi connectivity index (χ1n) is 10.9. The van der Waals surface area contributed by atoms with Crippen molar-refractivity contribution >= 4 is 33.2 Å². The zero-order chi connectivity index (χ0) is 22.1. The zero-order valence-corrected chi connectivity index (χ0v) is 18.3. The van der Waals surface area contributed by atoms with Crippen molar-refractivity contribution in [3.05, 3.63) is 76.3 Å². The third-order valence-corrected chi connectivity index (χ3v) is 5.84. The quantitative estimate of drug-likeness (QED) is 0.369. The van der Waals surface area contributed by atoms with Crippen molar-refractivity contribution < 1.29 is 4.74 Å². The Hall–Kier alpha value is -3.58. The van der Waals surface area contributed by atoms with Gasteiger partial charge >= 0.3 is 0 Å². The summed E-state index contributed by atoms with van der Waals surface area (Å²) in [4.78, 5) is 28.2. The summed E-state index contributed by atoms with van der Waals surface area (Å²) >= 11 is 0. The number of hydrogen-bond acceptors (Lipinski definition) is 5. The molecule has 0 spiro atoms. The molecule has 3 heterocycles. The third-order valence-electron chi connectivity index (χ3n) is 5.84. The Bertz CT molecular complexity index is 1470. The predicted octanol–water partition coefficient (Wildman–Crippen LogP) is 3.88. The van der Waals surface area contributed by atoms with Gasteiger partial charge in [0.2, 0.25) is 0 Å². The van der Waals surface area contributed by atoms with Gasteiger partial charge < -0.3 is 9.30 Å². The molecule has 7 heteroatoms. The van der Waals surface area contributed by atoms with E-state index in [0.29, 0.717) is 47.7 Å². The highest BCUT2D eigenvalue weighted by atomic mass is 16.5. The molecule has 0 amide bonds. The van der Waals surface area contributed by atoms with Crippen LogP contribution in [0.3, 0.4) is 0 Å². The van der Waals surface area contributed by atoms with Gasteiger partial charge in [0.05, 0.1) is 11.0 Å². The number of ether oxygens (including phenoxy) is 1. The minimum Gasteiger partial charge on any atom is -0.385 e. The van der Waals surface area contributed by atoms with Gasteiger partial charge in [-0.3, -0.25) is 9.36 Å². The van der Waals surface area contributed by atoms with E-state index in [9.17, 15) is 4.79 Å². The van der Waals surface area contributed by atoms with E-state index in [1.54, 1.807) is 11.7 Å². The normalized spacial score (nSPS) is 11.7. The average molecular weight is 428 g/mol. The number of methoxy groups -OCH3 is 1. The summed E-state index contributed by atoms with van der Waals surface area (Å²) in [6.07, 6.45) is 1.55. The molecule has 0 N–H and O–H groups in total. The lowest BCUT2D eigenvalue weighted by atomic mass is 10.1. The van der Waals surface area contributed by atoms with Gasteiger partial charge in [-0.15, -0.1) is 0 Å². The van der Waals surface area contributed by atoms with E-state index in [2.05, 4.69) is 12.1 Å². The van der Waals surface area contributed by atoms with E-state index in [4.69, 9.17) is 19.7 Å². The van der Waals surface area contributed by atoms with Gasteiger partial charge in [-0.05, 0) is 37.5 Å². The van der Waals surface area contributed by atoms with E-state index in [1.165, 1.54) is 5.56 Å². The second-order valence-corrected chi connectivity index (χ2v) is 7.93. The van der Waals surface area contributed by atoms with Gasteiger partial charge in [-0.2, -0.15) is 0 Å². The Labute approximate surface area is 185 Å². The molecule has 162 valence electrons. The maximum Gasteiger partial charge on any atom is 0.265 e. The molecular weight excluding hydrogens is 402 g/mol. The molecule has 5 aromatic rings. The van der Waals surface area contributed by atoms with Crippen molar-refractivity contribution in [3.8, 4) is 0 Å². The van der Waals surface area contributed by atoms with E-state index in [1.807, 2.05) is 54.0 Å². The predicted molar refractivity (Wildman–Crippen MR) is 126 cm³/mol. The molecule has 0 unspecified atom stereocenters. The number of fused-ring (bicyclic) bond motifs is 4. The van der Waals surface area contributed by atoms with Crippen LogP contribution < -0.4 is 5.56 Å². The number of hydrogen-bond donors (Lipinski definition) is 0. The van der Waals surface area contributed by atoms with E-state index in [0.717, 1.165) is 23.9 Å². The molecule has 0 aliphatic rings. The molecular formula is C25H25N5O2. The van der Waals surface area contributed by atoms with Crippen molar-refractivity contribution in [1.29, 1.82) is 0 Å². The SMILES string of the molecule is COCCCn1c2nc3ccccc3nc2c2c(=O)n(CCc3ccccc3)c(C)nc21. The van der Waals surface area contributed by atoms with Crippen molar-refractivity contribution in [2.45, 2.75) is 32.9 Å². The molecule has 0 saturated heterocycles. The van der Waals surface area contributed by atoms with Crippen LogP contribution in [0.15, 0.2) is 59.4 Å². The molecule has 0 bridgehead atoms. The van der Waals surface area contributed by atoms with Crippen LogP contribution in [0.2, 0.25) is 0 Å². The van der Waals surface area contributed by atoms with Gasteiger partial charge in [0.1, 0.15) is 16.7 Å². The molecule has 0 radical (unpaired) electrons. The fourth-order valence-electron chi connectivity index (χ4n) is 4.22. The Kier molecular flexibility index (Phi) is 5.41. The third kappa shape index (κ3) is 3.54. The highest BCUT2D eigenvalue weighted by Crippen LogP contribution is 2.25. The standard InChI is InChI=1S/C25H25N5O2/c1-17-26-23-21(25(31)29(17)15-13-18-9-4-3-5-10-18)22-24(30(23)14-8-16-32-2)28-20-12-7-6-11-19(20)27-22/h3-7,9-12H,8,13-16H2,1-2H3. The molecule has 5 rings (SSSR count). The van der Waals surface area contributed by atoms with Crippen LogP contribution in [-0.2, 0) is 24.2 Å². The van der Waals surface area contributed by atoms with Crippen LogP contribution in [0.4, 0.5) is 0 Å². The Morgan fingerprint density at radius 3 is 2.31 bits per heavy atom. The molecule has 0 atom stereocenters. The summed E-state index contributed by atoms with van der Waals surface area (Å²) in [5, 5.41) is 0.536. The van der Waals surface area contributed by atoms with Crippen LogP contribution in [0.1, 0.15) is 17.8 Å². The van der Waals surface area contributed by atoms with Gasteiger partial charge in [0, 0.05) is 26.8 Å². The number of nitrogens with zero attached hydrogens (tertiary/aromatic N) is 5. The lowest BCUT2D eigenvalue weighted by Crippen LogP contribution is -2.25. The van der Waals surface area contributed by atoms with E-state index < -0.39 is 0 Å². The van der Waals surface area contributed by atoms with Crippen LogP contribution in [0.25, 0.3) is 33.2 Å². The minimum atomic E-state index is -0.0662. The molecule has 7 nitrogen and oxygen atoms in total. The number of para-hydroxylation sites is 2. The number of aromatic nitrogens is 5. The Morgan fingerprint density at radius 1 is 0.844 bits per heavy atom. The summed E-state index contributed by atoms with van der Waals surface area (Å²) < 4.78 is 9.01. The van der Waals surface area contributed by atoms with Crippen LogP contribution in [0, 0.1) is 6.92 Å². The van der Waals surface area contributed by atoms with E-state index >= 15 is 0 Å². The largest absolute Gasteiger partial charge is 0.385 e. The monoisotopic (exact) mass is 427 g/mol. The summed E-state index contributed by atoms with van der Waals surface area (Å²) in [6.45, 7) is 3.73. The van der Waals surface area contributed by atoms with Gasteiger partial charge in [0.25, 0.3) is 5.56 Å². The summed E-state index contributed by atoms with van der Waals surface area (Å²) in [6, 6.07) is 17.9. The second kappa shape index (κ2) is 8.51. The molecule has 0 fully saturated rings. The van der Waals surface area contributed by atoms with Gasteiger partial charge in [-0.25, -0.2) is 15.0 Å². The maximum absolute atomic E-state index is 13.7. The molecule has 3 aromatic heterocycles. The lowest BCUT2D eigenvalue weighted by molar-refractivity contribution is 0.191. The van der Waals surface area contributed by atoms with Crippen LogP contribution in [-0.4, -0.2) is 37.8 Å². The first-order chi connectivity index (χ1) is 15.7. The number of benzene rings is 2. The zero-order valence-electron chi connectivity index (χ0n) is 18.3. The van der Waals surface area contributed by atoms with Crippen molar-refractivity contribution in [2.75, 3.05) is 13.7 Å². The van der Waals surface area contributed by atoms with Gasteiger partial charge in [-0.1, -0.05) is 42.5 Å². The second-order valence-electron chi connectivity index (χ2n) is 7.93. The van der Waals surface area contributed by atoms with Gasteiger partial charge in [0.15, 0.2) is 11.3 Å². The van der Waals surface area contributed by atoms with Crippen LogP contribution in [0.5, 0.6) is 0 Å². The summed E-state index contributed by atoms with van der Waals surface area (Å²) in [5.41, 5.74) is 4.64. The lowest BCUT2D eigenvalue weighted by Gasteiger charge is -2.11. The fourth-order valence-corrected chi connectivity index (χ4v) is 4.22. The first kappa shape index (κ1) is 20.3. The molecule has 0 saturated carbocycles. The maximum atomic E-state index is 13.7. The van der Waals surface area contributed by atoms with Crippen molar-refractivity contribution in [1.82, 2.24) is 24.1 Å². The highest BCUT2D eigenvalue weighted by Gasteiger charge is 2.21. The minimum absolute atomic E-state index is 0.0662. The fraction of sp³-hybridized carbons (Fsp3) is 0.280. The molecule has 0 aliphatic heterocycles. The molecule has 2 aromatic carbocycles. The Morgan fingerprint density at radius 2 is 1.56 bits per heavy atom. The molecule has 0 aliphatic carbocycles. The first-order valence-corrected chi connectivity index (χ1v) is 10.9. The Balaban J connectivity index is 1.71. The highest BCUT2D eigenvalue weighted by molar-refractivity contribution is 6.04. The van der Waals surface area contributed by atoms with Crippen LogP contribution >= 0.6 is 0 Å². The van der Waals surface area contributed by atoms with E-state index in [-0.39, 0.29) is 5.56 Å². The molecule has 32 heavy (non-hydrogen) atoms. The average Bonchev–Trinajstić information content (AvgIpc) is 3.10. The topological polar surface area (TPSA) is 74.8 Å².